The molecule has 0 aromatic carbocycles. The van der Waals surface area contributed by atoms with Gasteiger partial charge in [0.2, 0.25) is 0 Å². The summed E-state index contributed by atoms with van der Waals surface area (Å²) in [5.41, 5.74) is -0.286. The van der Waals surface area contributed by atoms with Crippen LogP contribution in [0.1, 0.15) is 66.2 Å². The Balaban J connectivity index is 1.76. The van der Waals surface area contributed by atoms with Crippen LogP contribution in [0.3, 0.4) is 0 Å². The molecule has 0 aromatic heterocycles. The smallest absolute Gasteiger partial charge is 0.0771 e. The fraction of sp³-hybridized carbons (Fsp3) is 1.00. The second-order valence-corrected chi connectivity index (χ2v) is 7.51. The third-order valence-corrected chi connectivity index (χ3v) is 5.84. The molecule has 2 unspecified atom stereocenters. The average molecular weight is 283 g/mol. The predicted molar refractivity (Wildman–Crippen MR) is 82.8 cm³/mol. The molecule has 2 fully saturated rings. The first kappa shape index (κ1) is 16.3. The molecule has 2 N–H and O–H groups in total. The second kappa shape index (κ2) is 6.33. The van der Waals surface area contributed by atoms with Crippen LogP contribution >= 0.6 is 0 Å². The quantitative estimate of drug-likeness (QED) is 0.787. The molecule has 3 heteroatoms. The van der Waals surface area contributed by atoms with Gasteiger partial charge in [0, 0.05) is 24.6 Å². The molecule has 0 spiro atoms. The van der Waals surface area contributed by atoms with Crippen molar-refractivity contribution in [3.8, 4) is 0 Å². The molecular formula is C17H33NO2. The van der Waals surface area contributed by atoms with E-state index < -0.39 is 5.60 Å². The highest BCUT2D eigenvalue weighted by Crippen LogP contribution is 2.43. The Morgan fingerprint density at radius 2 is 1.85 bits per heavy atom. The number of nitrogens with one attached hydrogen (secondary N) is 1. The van der Waals surface area contributed by atoms with Crippen molar-refractivity contribution >= 4 is 0 Å². The van der Waals surface area contributed by atoms with Crippen LogP contribution in [-0.2, 0) is 4.74 Å². The zero-order chi connectivity index (χ0) is 14.8. The molecule has 2 saturated carbocycles. The van der Waals surface area contributed by atoms with Gasteiger partial charge in [-0.1, -0.05) is 27.2 Å². The summed E-state index contributed by atoms with van der Waals surface area (Å²) in [6.07, 6.45) is 7.00. The molecule has 0 aliphatic heterocycles. The third-order valence-electron chi connectivity index (χ3n) is 5.84. The zero-order valence-electron chi connectivity index (χ0n) is 13.7. The van der Waals surface area contributed by atoms with Crippen molar-refractivity contribution in [2.45, 2.75) is 84.0 Å². The molecule has 0 bridgehead atoms. The first-order valence-electron chi connectivity index (χ1n) is 8.48. The Kier molecular flexibility index (Phi) is 5.14. The number of rotatable bonds is 6. The van der Waals surface area contributed by atoms with E-state index in [0.29, 0.717) is 12.1 Å². The van der Waals surface area contributed by atoms with E-state index in [4.69, 9.17) is 4.74 Å². The van der Waals surface area contributed by atoms with Gasteiger partial charge in [-0.05, 0) is 44.9 Å². The van der Waals surface area contributed by atoms with Crippen LogP contribution in [0, 0.1) is 11.3 Å². The van der Waals surface area contributed by atoms with E-state index in [9.17, 15) is 5.11 Å². The monoisotopic (exact) mass is 283 g/mol. The standard InChI is InChI=1S/C17H33NO2/c1-5-13-7-9-17(19,10-8-13)12-18-14-11-15(20-6-2)16(14,3)4/h13-15,18-19H,5-12H2,1-4H3. The normalized spacial score (nSPS) is 40.4. The van der Waals surface area contributed by atoms with Crippen LogP contribution in [0.25, 0.3) is 0 Å². The second-order valence-electron chi connectivity index (χ2n) is 7.51. The van der Waals surface area contributed by atoms with E-state index in [2.05, 4.69) is 33.0 Å². The maximum Gasteiger partial charge on any atom is 0.0771 e. The Bertz CT molecular complexity index is 308. The Hall–Kier alpha value is -0.120. The van der Waals surface area contributed by atoms with Gasteiger partial charge in [-0.2, -0.15) is 0 Å². The molecule has 2 atom stereocenters. The minimum Gasteiger partial charge on any atom is -0.389 e. The molecule has 0 amide bonds. The van der Waals surface area contributed by atoms with Crippen molar-refractivity contribution in [2.24, 2.45) is 11.3 Å². The maximum absolute atomic E-state index is 10.7. The van der Waals surface area contributed by atoms with Gasteiger partial charge in [0.05, 0.1) is 11.7 Å². The minimum atomic E-state index is -0.474. The van der Waals surface area contributed by atoms with Gasteiger partial charge in [-0.15, -0.1) is 0 Å². The van der Waals surface area contributed by atoms with Gasteiger partial charge in [0.1, 0.15) is 0 Å². The van der Waals surface area contributed by atoms with Crippen LogP contribution < -0.4 is 5.32 Å². The zero-order valence-corrected chi connectivity index (χ0v) is 13.7. The Morgan fingerprint density at radius 1 is 1.20 bits per heavy atom. The summed E-state index contributed by atoms with van der Waals surface area (Å²) in [6.45, 7) is 10.4. The Morgan fingerprint density at radius 3 is 2.35 bits per heavy atom. The molecule has 0 aromatic rings. The summed E-state index contributed by atoms with van der Waals surface area (Å²) >= 11 is 0. The molecule has 20 heavy (non-hydrogen) atoms. The lowest BCUT2D eigenvalue weighted by atomic mass is 9.64. The molecule has 0 saturated heterocycles. The fourth-order valence-corrected chi connectivity index (χ4v) is 3.83. The predicted octanol–water partition coefficient (Wildman–Crippen LogP) is 3.11. The van der Waals surface area contributed by atoms with Crippen molar-refractivity contribution in [2.75, 3.05) is 13.2 Å². The topological polar surface area (TPSA) is 41.5 Å². The molecule has 3 nitrogen and oxygen atoms in total. The summed E-state index contributed by atoms with van der Waals surface area (Å²) in [5, 5.41) is 14.3. The summed E-state index contributed by atoms with van der Waals surface area (Å²) in [7, 11) is 0. The van der Waals surface area contributed by atoms with Crippen molar-refractivity contribution in [1.82, 2.24) is 5.32 Å². The van der Waals surface area contributed by atoms with Gasteiger partial charge in [-0.25, -0.2) is 0 Å². The van der Waals surface area contributed by atoms with Gasteiger partial charge in [0.25, 0.3) is 0 Å². The molecule has 118 valence electrons. The van der Waals surface area contributed by atoms with Crippen LogP contribution in [0.5, 0.6) is 0 Å². The summed E-state index contributed by atoms with van der Waals surface area (Å²) in [6, 6.07) is 0.479. The fourth-order valence-electron chi connectivity index (χ4n) is 3.83. The van der Waals surface area contributed by atoms with E-state index in [1.165, 1.54) is 19.3 Å². The van der Waals surface area contributed by atoms with E-state index in [1.807, 2.05) is 0 Å². The van der Waals surface area contributed by atoms with Crippen molar-refractivity contribution in [1.29, 1.82) is 0 Å². The maximum atomic E-state index is 10.7. The lowest BCUT2D eigenvalue weighted by Crippen LogP contribution is -2.63. The number of aliphatic hydroxyl groups is 1. The minimum absolute atomic E-state index is 0.187. The van der Waals surface area contributed by atoms with E-state index in [-0.39, 0.29) is 5.41 Å². The molecule has 0 heterocycles. The molecule has 0 radical (unpaired) electrons. The van der Waals surface area contributed by atoms with Gasteiger partial charge < -0.3 is 15.2 Å². The van der Waals surface area contributed by atoms with Gasteiger partial charge in [-0.3, -0.25) is 0 Å². The van der Waals surface area contributed by atoms with Crippen LogP contribution in [0.15, 0.2) is 0 Å². The van der Waals surface area contributed by atoms with Crippen LogP contribution in [-0.4, -0.2) is 36.0 Å². The highest BCUT2D eigenvalue weighted by Gasteiger charge is 2.49. The average Bonchev–Trinajstić information content (AvgIpc) is 2.43. The Labute approximate surface area is 124 Å². The highest BCUT2D eigenvalue weighted by molar-refractivity contribution is 5.03. The van der Waals surface area contributed by atoms with Crippen LogP contribution in [0.2, 0.25) is 0 Å². The lowest BCUT2D eigenvalue weighted by Gasteiger charge is -2.52. The SMILES string of the molecule is CCOC1CC(NCC2(O)CCC(CC)CC2)C1(C)C. The summed E-state index contributed by atoms with van der Waals surface area (Å²) in [5.74, 6) is 0.831. The number of hydrogen-bond acceptors (Lipinski definition) is 3. The lowest BCUT2D eigenvalue weighted by molar-refractivity contribution is -0.120. The largest absolute Gasteiger partial charge is 0.389 e. The number of ether oxygens (including phenoxy) is 1. The van der Waals surface area contributed by atoms with Crippen LogP contribution in [0.4, 0.5) is 0 Å². The molecule has 2 aliphatic rings. The van der Waals surface area contributed by atoms with E-state index in [0.717, 1.165) is 38.3 Å². The first-order chi connectivity index (χ1) is 9.41. The summed E-state index contributed by atoms with van der Waals surface area (Å²) < 4.78 is 5.77. The highest BCUT2D eigenvalue weighted by atomic mass is 16.5. The van der Waals surface area contributed by atoms with Gasteiger partial charge >= 0.3 is 0 Å². The molecular weight excluding hydrogens is 250 g/mol. The first-order valence-corrected chi connectivity index (χ1v) is 8.48. The van der Waals surface area contributed by atoms with Crippen molar-refractivity contribution < 1.29 is 9.84 Å². The summed E-state index contributed by atoms with van der Waals surface area (Å²) in [4.78, 5) is 0. The van der Waals surface area contributed by atoms with E-state index >= 15 is 0 Å². The number of hydrogen-bond donors (Lipinski definition) is 2. The molecule has 2 aliphatic carbocycles. The van der Waals surface area contributed by atoms with Gasteiger partial charge in [0.15, 0.2) is 0 Å². The van der Waals surface area contributed by atoms with Crippen molar-refractivity contribution in [3.63, 3.8) is 0 Å². The molecule has 2 rings (SSSR count). The van der Waals surface area contributed by atoms with Crippen molar-refractivity contribution in [3.05, 3.63) is 0 Å². The third kappa shape index (κ3) is 3.37. The van der Waals surface area contributed by atoms with E-state index in [1.54, 1.807) is 0 Å².